The molecule has 0 unspecified atom stereocenters. The van der Waals surface area contributed by atoms with Gasteiger partial charge in [0, 0.05) is 50.5 Å². The quantitative estimate of drug-likeness (QED) is 0.527. The fraction of sp³-hybridized carbons (Fsp3) is 0.350. The summed E-state index contributed by atoms with van der Waals surface area (Å²) in [4.78, 5) is 32.7. The number of anilines is 3. The van der Waals surface area contributed by atoms with E-state index in [-0.39, 0.29) is 29.7 Å². The summed E-state index contributed by atoms with van der Waals surface area (Å²) >= 11 is 0. The van der Waals surface area contributed by atoms with Gasteiger partial charge in [0.15, 0.2) is 11.6 Å². The molecule has 0 aliphatic carbocycles. The average molecular weight is 415 g/mol. The van der Waals surface area contributed by atoms with Gasteiger partial charge in [-0.1, -0.05) is 6.07 Å². The van der Waals surface area contributed by atoms with Crippen molar-refractivity contribution < 1.29 is 14.0 Å². The van der Waals surface area contributed by atoms with Gasteiger partial charge in [-0.25, -0.2) is 9.37 Å². The number of benzene rings is 1. The maximum absolute atomic E-state index is 14.2. The maximum atomic E-state index is 14.2. The first kappa shape index (κ1) is 21.5. The third kappa shape index (κ3) is 5.02. The highest BCUT2D eigenvalue weighted by atomic mass is 19.1. The average Bonchev–Trinajstić information content (AvgIpc) is 2.74. The van der Waals surface area contributed by atoms with E-state index in [1.807, 2.05) is 7.05 Å². The molecule has 0 atom stereocenters. The van der Waals surface area contributed by atoms with Gasteiger partial charge in [0.1, 0.15) is 5.82 Å². The second kappa shape index (κ2) is 9.51. The van der Waals surface area contributed by atoms with Crippen molar-refractivity contribution in [1.29, 1.82) is 0 Å². The largest absolute Gasteiger partial charge is 0.366 e. The molecule has 160 valence electrons. The van der Waals surface area contributed by atoms with Gasteiger partial charge in [-0.05, 0) is 31.3 Å². The van der Waals surface area contributed by atoms with Crippen molar-refractivity contribution in [2.75, 3.05) is 56.9 Å². The highest BCUT2D eigenvalue weighted by Gasteiger charge is 2.21. The Labute approximate surface area is 174 Å². The molecule has 9 nitrogen and oxygen atoms in total. The molecule has 3 rings (SSSR count). The van der Waals surface area contributed by atoms with Crippen molar-refractivity contribution in [3.63, 3.8) is 0 Å². The smallest absolute Gasteiger partial charge is 0.254 e. The summed E-state index contributed by atoms with van der Waals surface area (Å²) in [6.07, 6.45) is 0. The van der Waals surface area contributed by atoms with Gasteiger partial charge < -0.3 is 31.9 Å². The van der Waals surface area contributed by atoms with E-state index in [4.69, 9.17) is 11.5 Å². The van der Waals surface area contributed by atoms with Gasteiger partial charge in [0.05, 0.1) is 5.56 Å². The number of aromatic nitrogens is 1. The Bertz CT molecular complexity index is 929. The molecule has 2 amide bonds. The predicted octanol–water partition coefficient (Wildman–Crippen LogP) is 0.821. The van der Waals surface area contributed by atoms with E-state index in [0.29, 0.717) is 30.9 Å². The molecular weight excluding hydrogens is 389 g/mol. The number of nitrogens with two attached hydrogens (primary N) is 2. The van der Waals surface area contributed by atoms with Crippen molar-refractivity contribution in [2.24, 2.45) is 11.5 Å². The Hall–Kier alpha value is -3.24. The number of carbonyl (C=O) groups excluding carboxylic acids is 2. The van der Waals surface area contributed by atoms with Crippen LogP contribution >= 0.6 is 0 Å². The zero-order valence-electron chi connectivity index (χ0n) is 16.8. The van der Waals surface area contributed by atoms with E-state index >= 15 is 0 Å². The van der Waals surface area contributed by atoms with E-state index in [1.165, 1.54) is 0 Å². The molecule has 1 saturated heterocycles. The minimum atomic E-state index is -0.820. The number of likely N-dealkylation sites (N-methyl/N-ethyl adjacent to an activating group) is 1. The molecule has 6 N–H and O–H groups in total. The lowest BCUT2D eigenvalue weighted by Gasteiger charge is -2.32. The van der Waals surface area contributed by atoms with Crippen LogP contribution in [0.2, 0.25) is 0 Å². The van der Waals surface area contributed by atoms with Gasteiger partial charge >= 0.3 is 0 Å². The van der Waals surface area contributed by atoms with E-state index < -0.39 is 11.7 Å². The summed E-state index contributed by atoms with van der Waals surface area (Å²) in [5.74, 6) is -1.55. The first-order valence-electron chi connectivity index (χ1n) is 9.68. The molecule has 0 spiro atoms. The third-order valence-corrected chi connectivity index (χ3v) is 4.84. The molecule has 0 saturated carbocycles. The zero-order chi connectivity index (χ0) is 21.7. The monoisotopic (exact) mass is 415 g/mol. The van der Waals surface area contributed by atoms with E-state index in [2.05, 4.69) is 20.5 Å². The molecule has 10 heteroatoms. The number of nitrogens with zero attached hydrogens (tertiary/aromatic N) is 3. The minimum Gasteiger partial charge on any atom is -0.366 e. The highest BCUT2D eigenvalue weighted by Crippen LogP contribution is 2.24. The van der Waals surface area contributed by atoms with Gasteiger partial charge in [-0.15, -0.1) is 0 Å². The van der Waals surface area contributed by atoms with Gasteiger partial charge in [0.2, 0.25) is 0 Å². The van der Waals surface area contributed by atoms with E-state index in [0.717, 1.165) is 19.2 Å². The lowest BCUT2D eigenvalue weighted by molar-refractivity contribution is 0.0664. The molecular formula is C20H26FN7O2. The number of pyridine rings is 1. The SMILES string of the molecule is CN1CCN(C(=O)c2cccc(Nc3nc(NCCN)c(F)cc3C(N)=O)c2)CC1. The summed E-state index contributed by atoms with van der Waals surface area (Å²) in [5, 5.41) is 5.74. The van der Waals surface area contributed by atoms with E-state index in [9.17, 15) is 14.0 Å². The Kier molecular flexibility index (Phi) is 6.80. The lowest BCUT2D eigenvalue weighted by Crippen LogP contribution is -2.47. The summed E-state index contributed by atoms with van der Waals surface area (Å²) in [7, 11) is 2.02. The number of hydrogen-bond donors (Lipinski definition) is 4. The predicted molar refractivity (Wildman–Crippen MR) is 113 cm³/mol. The van der Waals surface area contributed by atoms with Crippen LogP contribution in [-0.4, -0.2) is 72.9 Å². The van der Waals surface area contributed by atoms with Crippen LogP contribution in [0.15, 0.2) is 30.3 Å². The van der Waals surface area contributed by atoms with Crippen LogP contribution < -0.4 is 22.1 Å². The van der Waals surface area contributed by atoms with Crippen LogP contribution in [0.3, 0.4) is 0 Å². The molecule has 1 aromatic carbocycles. The van der Waals surface area contributed by atoms with Crippen LogP contribution in [0, 0.1) is 5.82 Å². The summed E-state index contributed by atoms with van der Waals surface area (Å²) in [6.45, 7) is 3.57. The second-order valence-corrected chi connectivity index (χ2v) is 7.10. The normalized spacial score (nSPS) is 14.4. The molecule has 0 bridgehead atoms. The van der Waals surface area contributed by atoms with Crippen molar-refractivity contribution >= 4 is 29.1 Å². The number of nitrogens with one attached hydrogen (secondary N) is 2. The molecule has 1 aliphatic rings. The standard InChI is InChI=1S/C20H26FN7O2/c1-27-7-9-28(10-8-27)20(30)13-3-2-4-14(11-13)25-18-15(17(23)29)12-16(21)19(26-18)24-6-5-22/h2-4,11-12H,5-10,22H2,1H3,(H2,23,29)(H2,24,25,26). The zero-order valence-corrected chi connectivity index (χ0v) is 16.8. The summed E-state index contributed by atoms with van der Waals surface area (Å²) < 4.78 is 14.2. The molecule has 1 fully saturated rings. The Morgan fingerprint density at radius 3 is 2.57 bits per heavy atom. The fourth-order valence-electron chi connectivity index (χ4n) is 3.15. The molecule has 2 aromatic rings. The molecule has 0 radical (unpaired) electrons. The number of hydrogen-bond acceptors (Lipinski definition) is 7. The summed E-state index contributed by atoms with van der Waals surface area (Å²) in [5.41, 5.74) is 11.8. The van der Waals surface area contributed by atoms with Crippen molar-refractivity contribution in [3.8, 4) is 0 Å². The molecule has 30 heavy (non-hydrogen) atoms. The lowest BCUT2D eigenvalue weighted by atomic mass is 10.1. The number of primary amides is 1. The fourth-order valence-corrected chi connectivity index (χ4v) is 3.15. The van der Waals surface area contributed by atoms with Crippen LogP contribution in [0.5, 0.6) is 0 Å². The first-order chi connectivity index (χ1) is 14.4. The van der Waals surface area contributed by atoms with Crippen LogP contribution in [-0.2, 0) is 0 Å². The maximum Gasteiger partial charge on any atom is 0.254 e. The first-order valence-corrected chi connectivity index (χ1v) is 9.68. The molecule has 1 aliphatic heterocycles. The van der Waals surface area contributed by atoms with Crippen LogP contribution in [0.1, 0.15) is 20.7 Å². The van der Waals surface area contributed by atoms with Gasteiger partial charge in [-0.2, -0.15) is 0 Å². The van der Waals surface area contributed by atoms with Crippen molar-refractivity contribution in [1.82, 2.24) is 14.8 Å². The second-order valence-electron chi connectivity index (χ2n) is 7.10. The molecule has 1 aromatic heterocycles. The minimum absolute atomic E-state index is 0.0439. The highest BCUT2D eigenvalue weighted by molar-refractivity contribution is 5.99. The number of rotatable bonds is 7. The third-order valence-electron chi connectivity index (χ3n) is 4.84. The summed E-state index contributed by atoms with van der Waals surface area (Å²) in [6, 6.07) is 7.88. The van der Waals surface area contributed by atoms with Gasteiger partial charge in [-0.3, -0.25) is 9.59 Å². The van der Waals surface area contributed by atoms with Crippen LogP contribution in [0.25, 0.3) is 0 Å². The Balaban J connectivity index is 1.84. The van der Waals surface area contributed by atoms with E-state index in [1.54, 1.807) is 29.2 Å². The van der Waals surface area contributed by atoms with Crippen LogP contribution in [0.4, 0.5) is 21.7 Å². The van der Waals surface area contributed by atoms with Gasteiger partial charge in [0.25, 0.3) is 11.8 Å². The number of halogens is 1. The Morgan fingerprint density at radius 1 is 1.17 bits per heavy atom. The Morgan fingerprint density at radius 2 is 1.90 bits per heavy atom. The number of amides is 2. The van der Waals surface area contributed by atoms with Crippen molar-refractivity contribution in [2.45, 2.75) is 0 Å². The number of carbonyl (C=O) groups is 2. The topological polar surface area (TPSA) is 130 Å². The number of piperazine rings is 1. The van der Waals surface area contributed by atoms with Crippen molar-refractivity contribution in [3.05, 3.63) is 47.3 Å². The molecule has 2 heterocycles.